The zero-order valence-corrected chi connectivity index (χ0v) is 12.8. The minimum absolute atomic E-state index is 0.240. The van der Waals surface area contributed by atoms with Crippen LogP contribution >= 0.6 is 11.8 Å². The first-order valence-electron chi connectivity index (χ1n) is 7.08. The molecule has 1 atom stereocenters. The highest BCUT2D eigenvalue weighted by Crippen LogP contribution is 2.26. The van der Waals surface area contributed by atoms with E-state index < -0.39 is 0 Å². The summed E-state index contributed by atoms with van der Waals surface area (Å²) in [6.45, 7) is 2.12. The Bertz CT molecular complexity index is 720. The molecule has 3 aromatic rings. The maximum absolute atomic E-state index is 5.99. The standard InChI is InChI=1S/C16H18N4S/c1-2-13(17)11-12-6-8-14(9-7-12)21-16-19-18-15-5-3-4-10-20(15)16/h3-10,13H,2,11,17H2,1H3. The lowest BCUT2D eigenvalue weighted by atomic mass is 10.1. The molecule has 2 N–H and O–H groups in total. The van der Waals surface area contributed by atoms with E-state index in [1.807, 2.05) is 28.8 Å². The first-order chi connectivity index (χ1) is 10.3. The molecule has 0 aliphatic rings. The Morgan fingerprint density at radius 3 is 2.71 bits per heavy atom. The Labute approximate surface area is 128 Å². The molecule has 2 aromatic heterocycles. The molecular formula is C16H18N4S. The normalized spacial score (nSPS) is 12.7. The lowest BCUT2D eigenvalue weighted by molar-refractivity contribution is 0.646. The van der Waals surface area contributed by atoms with E-state index in [9.17, 15) is 0 Å². The van der Waals surface area contributed by atoms with Gasteiger partial charge in [0.25, 0.3) is 0 Å². The van der Waals surface area contributed by atoms with Gasteiger partial charge < -0.3 is 5.73 Å². The third-order valence-corrected chi connectivity index (χ3v) is 4.41. The molecule has 0 bridgehead atoms. The first-order valence-corrected chi connectivity index (χ1v) is 7.90. The molecule has 0 aliphatic heterocycles. The second kappa shape index (κ2) is 6.28. The van der Waals surface area contributed by atoms with Gasteiger partial charge in [-0.25, -0.2) is 0 Å². The van der Waals surface area contributed by atoms with Gasteiger partial charge in [-0.1, -0.05) is 25.1 Å². The second-order valence-corrected chi connectivity index (χ2v) is 6.07. The average Bonchev–Trinajstić information content (AvgIpc) is 2.92. The van der Waals surface area contributed by atoms with Gasteiger partial charge in [-0.05, 0) is 54.4 Å². The maximum Gasteiger partial charge on any atom is 0.200 e. The Morgan fingerprint density at radius 1 is 1.14 bits per heavy atom. The monoisotopic (exact) mass is 298 g/mol. The van der Waals surface area contributed by atoms with E-state index in [-0.39, 0.29) is 6.04 Å². The number of benzene rings is 1. The minimum Gasteiger partial charge on any atom is -0.327 e. The molecule has 0 saturated carbocycles. The number of nitrogens with zero attached hydrogens (tertiary/aromatic N) is 3. The molecule has 3 rings (SSSR count). The van der Waals surface area contributed by atoms with Gasteiger partial charge >= 0.3 is 0 Å². The lowest BCUT2D eigenvalue weighted by Crippen LogP contribution is -2.21. The van der Waals surface area contributed by atoms with Crippen molar-refractivity contribution in [2.24, 2.45) is 5.73 Å². The minimum atomic E-state index is 0.240. The molecule has 0 amide bonds. The van der Waals surface area contributed by atoms with Crippen molar-refractivity contribution in [3.8, 4) is 0 Å². The van der Waals surface area contributed by atoms with Gasteiger partial charge in [0, 0.05) is 17.1 Å². The Kier molecular flexibility index (Phi) is 4.22. The van der Waals surface area contributed by atoms with Crippen molar-refractivity contribution in [2.75, 3.05) is 0 Å². The highest BCUT2D eigenvalue weighted by molar-refractivity contribution is 7.99. The highest BCUT2D eigenvalue weighted by atomic mass is 32.2. The number of pyridine rings is 1. The molecule has 0 radical (unpaired) electrons. The topological polar surface area (TPSA) is 56.2 Å². The molecule has 1 aromatic carbocycles. The number of aromatic nitrogens is 3. The summed E-state index contributed by atoms with van der Waals surface area (Å²) in [6.07, 6.45) is 3.91. The SMILES string of the molecule is CCC(N)Cc1ccc(Sc2nnc3ccccn23)cc1. The molecular weight excluding hydrogens is 280 g/mol. The predicted molar refractivity (Wildman–Crippen MR) is 85.5 cm³/mol. The molecule has 108 valence electrons. The van der Waals surface area contributed by atoms with Crippen LogP contribution in [0.3, 0.4) is 0 Å². The smallest absolute Gasteiger partial charge is 0.200 e. The van der Waals surface area contributed by atoms with Crippen LogP contribution in [0.15, 0.2) is 58.7 Å². The van der Waals surface area contributed by atoms with Crippen LogP contribution in [0.1, 0.15) is 18.9 Å². The van der Waals surface area contributed by atoms with Gasteiger partial charge in [-0.15, -0.1) is 10.2 Å². The fraction of sp³-hybridized carbons (Fsp3) is 0.250. The Hall–Kier alpha value is -1.85. The van der Waals surface area contributed by atoms with Gasteiger partial charge in [0.15, 0.2) is 10.8 Å². The van der Waals surface area contributed by atoms with E-state index in [1.54, 1.807) is 11.8 Å². The average molecular weight is 298 g/mol. The highest BCUT2D eigenvalue weighted by Gasteiger charge is 2.07. The number of hydrogen-bond acceptors (Lipinski definition) is 4. The molecule has 21 heavy (non-hydrogen) atoms. The van der Waals surface area contributed by atoms with Crippen molar-refractivity contribution in [3.05, 3.63) is 54.2 Å². The molecule has 2 heterocycles. The van der Waals surface area contributed by atoms with E-state index in [4.69, 9.17) is 5.73 Å². The van der Waals surface area contributed by atoms with E-state index in [0.29, 0.717) is 0 Å². The van der Waals surface area contributed by atoms with Crippen LogP contribution < -0.4 is 5.73 Å². The molecule has 1 unspecified atom stereocenters. The fourth-order valence-electron chi connectivity index (χ4n) is 2.14. The summed E-state index contributed by atoms with van der Waals surface area (Å²) in [5, 5.41) is 9.27. The van der Waals surface area contributed by atoms with Gasteiger partial charge in [0.05, 0.1) is 0 Å². The first kappa shape index (κ1) is 14.1. The van der Waals surface area contributed by atoms with Gasteiger partial charge in [-0.3, -0.25) is 4.40 Å². The summed E-state index contributed by atoms with van der Waals surface area (Å²) in [4.78, 5) is 1.15. The van der Waals surface area contributed by atoms with Crippen LogP contribution in [-0.4, -0.2) is 20.6 Å². The molecule has 0 aliphatic carbocycles. The van der Waals surface area contributed by atoms with Crippen molar-refractivity contribution >= 4 is 17.4 Å². The van der Waals surface area contributed by atoms with Gasteiger partial charge in [0.1, 0.15) is 0 Å². The van der Waals surface area contributed by atoms with Crippen LogP contribution in [0.5, 0.6) is 0 Å². The van der Waals surface area contributed by atoms with Crippen molar-refractivity contribution in [1.82, 2.24) is 14.6 Å². The number of fused-ring (bicyclic) bond motifs is 1. The Morgan fingerprint density at radius 2 is 1.95 bits per heavy atom. The molecule has 5 heteroatoms. The van der Waals surface area contributed by atoms with Gasteiger partial charge in [0.2, 0.25) is 0 Å². The number of hydrogen-bond donors (Lipinski definition) is 1. The van der Waals surface area contributed by atoms with Crippen LogP contribution in [0.2, 0.25) is 0 Å². The number of nitrogens with two attached hydrogens (primary N) is 1. The third-order valence-electron chi connectivity index (χ3n) is 3.44. The quantitative estimate of drug-likeness (QED) is 0.786. The molecule has 0 fully saturated rings. The summed E-state index contributed by atoms with van der Waals surface area (Å²) < 4.78 is 1.99. The van der Waals surface area contributed by atoms with E-state index >= 15 is 0 Å². The van der Waals surface area contributed by atoms with Crippen LogP contribution in [0, 0.1) is 0 Å². The van der Waals surface area contributed by atoms with Crippen molar-refractivity contribution in [2.45, 2.75) is 35.9 Å². The van der Waals surface area contributed by atoms with Crippen molar-refractivity contribution in [3.63, 3.8) is 0 Å². The van der Waals surface area contributed by atoms with Gasteiger partial charge in [-0.2, -0.15) is 0 Å². The van der Waals surface area contributed by atoms with Crippen molar-refractivity contribution in [1.29, 1.82) is 0 Å². The van der Waals surface area contributed by atoms with Crippen molar-refractivity contribution < 1.29 is 0 Å². The maximum atomic E-state index is 5.99. The van der Waals surface area contributed by atoms with E-state index in [0.717, 1.165) is 28.5 Å². The largest absolute Gasteiger partial charge is 0.327 e. The van der Waals surface area contributed by atoms with Crippen LogP contribution in [-0.2, 0) is 6.42 Å². The summed E-state index contributed by atoms with van der Waals surface area (Å²) >= 11 is 1.62. The number of rotatable bonds is 5. The third kappa shape index (κ3) is 3.25. The summed E-state index contributed by atoms with van der Waals surface area (Å²) in [5.74, 6) is 0. The van der Waals surface area contributed by atoms with E-state index in [2.05, 4.69) is 41.4 Å². The summed E-state index contributed by atoms with van der Waals surface area (Å²) in [6, 6.07) is 14.6. The zero-order chi connectivity index (χ0) is 14.7. The molecule has 0 spiro atoms. The summed E-state index contributed by atoms with van der Waals surface area (Å²) in [7, 11) is 0. The Balaban J connectivity index is 1.76. The fourth-order valence-corrected chi connectivity index (χ4v) is 2.95. The zero-order valence-electron chi connectivity index (χ0n) is 11.9. The molecule has 0 saturated heterocycles. The van der Waals surface area contributed by atoms with Crippen LogP contribution in [0.25, 0.3) is 5.65 Å². The lowest BCUT2D eigenvalue weighted by Gasteiger charge is -2.08. The van der Waals surface area contributed by atoms with E-state index in [1.165, 1.54) is 5.56 Å². The van der Waals surface area contributed by atoms with Crippen LogP contribution in [0.4, 0.5) is 0 Å². The molecule has 4 nitrogen and oxygen atoms in total. The summed E-state index contributed by atoms with van der Waals surface area (Å²) in [5.41, 5.74) is 8.13. The predicted octanol–water partition coefficient (Wildman–Crippen LogP) is 3.16. The second-order valence-electron chi connectivity index (χ2n) is 5.03.